The van der Waals surface area contributed by atoms with E-state index in [4.69, 9.17) is 11.6 Å². The molecule has 1 rings (SSSR count). The SMILES string of the molecule is C=CCCCC1(CCl)CC1. The third-order valence-corrected chi connectivity index (χ3v) is 2.92. The van der Waals surface area contributed by atoms with Crippen molar-refractivity contribution in [3.63, 3.8) is 0 Å². The minimum Gasteiger partial charge on any atom is -0.126 e. The van der Waals surface area contributed by atoms with Crippen LogP contribution in [0.25, 0.3) is 0 Å². The molecule has 0 radical (unpaired) electrons. The van der Waals surface area contributed by atoms with Gasteiger partial charge in [0.25, 0.3) is 0 Å². The first kappa shape index (κ1) is 8.13. The van der Waals surface area contributed by atoms with Gasteiger partial charge >= 0.3 is 0 Å². The van der Waals surface area contributed by atoms with Crippen LogP contribution in [0.4, 0.5) is 0 Å². The highest BCUT2D eigenvalue weighted by molar-refractivity contribution is 6.18. The Balaban J connectivity index is 2.06. The van der Waals surface area contributed by atoms with Crippen molar-refractivity contribution in [2.24, 2.45) is 5.41 Å². The number of unbranched alkanes of at least 4 members (excludes halogenated alkanes) is 1. The maximum Gasteiger partial charge on any atom is 0.0280 e. The van der Waals surface area contributed by atoms with Crippen LogP contribution in [0.2, 0.25) is 0 Å². The molecule has 0 N–H and O–H groups in total. The van der Waals surface area contributed by atoms with Crippen molar-refractivity contribution >= 4 is 11.6 Å². The van der Waals surface area contributed by atoms with Gasteiger partial charge in [-0.25, -0.2) is 0 Å². The van der Waals surface area contributed by atoms with Crippen LogP contribution < -0.4 is 0 Å². The largest absolute Gasteiger partial charge is 0.126 e. The van der Waals surface area contributed by atoms with Crippen LogP contribution in [-0.2, 0) is 0 Å². The minimum atomic E-state index is 0.560. The predicted molar refractivity (Wildman–Crippen MR) is 46.4 cm³/mol. The Morgan fingerprint density at radius 3 is 2.60 bits per heavy atom. The molecule has 0 amide bonds. The van der Waals surface area contributed by atoms with Gasteiger partial charge < -0.3 is 0 Å². The Hall–Kier alpha value is 0.0300. The molecule has 0 aromatic rings. The van der Waals surface area contributed by atoms with Crippen LogP contribution in [0, 0.1) is 5.41 Å². The lowest BCUT2D eigenvalue weighted by Gasteiger charge is -2.08. The molecule has 10 heavy (non-hydrogen) atoms. The quantitative estimate of drug-likeness (QED) is 0.327. The van der Waals surface area contributed by atoms with E-state index in [0.29, 0.717) is 5.41 Å². The lowest BCUT2D eigenvalue weighted by Crippen LogP contribution is -2.00. The molecule has 0 heterocycles. The van der Waals surface area contributed by atoms with Crippen molar-refractivity contribution < 1.29 is 0 Å². The molecule has 1 saturated carbocycles. The van der Waals surface area contributed by atoms with Crippen LogP contribution >= 0.6 is 11.6 Å². The molecule has 0 nitrogen and oxygen atoms in total. The van der Waals surface area contributed by atoms with E-state index in [1.54, 1.807) is 0 Å². The van der Waals surface area contributed by atoms with Gasteiger partial charge in [-0.05, 0) is 37.5 Å². The molecule has 58 valence electrons. The van der Waals surface area contributed by atoms with Crippen LogP contribution in [-0.4, -0.2) is 5.88 Å². The van der Waals surface area contributed by atoms with Crippen LogP contribution in [0.5, 0.6) is 0 Å². The number of hydrogen-bond donors (Lipinski definition) is 0. The van der Waals surface area contributed by atoms with Gasteiger partial charge in [-0.1, -0.05) is 6.08 Å². The molecule has 1 heteroatoms. The standard InChI is InChI=1S/C9H15Cl/c1-2-3-4-5-9(8-10)6-7-9/h2H,1,3-8H2. The molecule has 0 bridgehead atoms. The molecule has 0 atom stereocenters. The van der Waals surface area contributed by atoms with E-state index in [1.807, 2.05) is 6.08 Å². The Morgan fingerprint density at radius 1 is 1.50 bits per heavy atom. The number of hydrogen-bond acceptors (Lipinski definition) is 0. The van der Waals surface area contributed by atoms with Crippen molar-refractivity contribution in [3.8, 4) is 0 Å². The maximum atomic E-state index is 5.81. The first-order chi connectivity index (χ1) is 4.83. The molecule has 1 aliphatic carbocycles. The molecule has 0 saturated heterocycles. The zero-order valence-electron chi connectivity index (χ0n) is 6.41. The average molecular weight is 159 g/mol. The zero-order valence-corrected chi connectivity index (χ0v) is 7.16. The van der Waals surface area contributed by atoms with Gasteiger partial charge in [0.15, 0.2) is 0 Å². The summed E-state index contributed by atoms with van der Waals surface area (Å²) in [6, 6.07) is 0. The normalized spacial score (nSPS) is 20.5. The molecule has 1 aliphatic rings. The highest BCUT2D eigenvalue weighted by Gasteiger charge is 2.40. The summed E-state index contributed by atoms with van der Waals surface area (Å²) in [5.41, 5.74) is 0.560. The van der Waals surface area contributed by atoms with Gasteiger partial charge in [-0.15, -0.1) is 18.2 Å². The van der Waals surface area contributed by atoms with Crippen LogP contribution in [0.15, 0.2) is 12.7 Å². The van der Waals surface area contributed by atoms with Crippen molar-refractivity contribution in [2.75, 3.05) is 5.88 Å². The minimum absolute atomic E-state index is 0.560. The monoisotopic (exact) mass is 158 g/mol. The fourth-order valence-electron chi connectivity index (χ4n) is 1.25. The van der Waals surface area contributed by atoms with E-state index < -0.39 is 0 Å². The molecule has 0 unspecified atom stereocenters. The van der Waals surface area contributed by atoms with Gasteiger partial charge in [-0.2, -0.15) is 0 Å². The number of alkyl halides is 1. The van der Waals surface area contributed by atoms with Crippen LogP contribution in [0.3, 0.4) is 0 Å². The van der Waals surface area contributed by atoms with Crippen LogP contribution in [0.1, 0.15) is 32.1 Å². The summed E-state index contributed by atoms with van der Waals surface area (Å²) < 4.78 is 0. The number of allylic oxidation sites excluding steroid dienone is 1. The smallest absolute Gasteiger partial charge is 0.0280 e. The summed E-state index contributed by atoms with van der Waals surface area (Å²) in [6.45, 7) is 3.69. The first-order valence-electron chi connectivity index (χ1n) is 4.00. The Labute approximate surface area is 68.3 Å². The summed E-state index contributed by atoms with van der Waals surface area (Å²) >= 11 is 5.81. The van der Waals surface area contributed by atoms with Crippen molar-refractivity contribution in [3.05, 3.63) is 12.7 Å². The van der Waals surface area contributed by atoms with E-state index in [1.165, 1.54) is 25.7 Å². The topological polar surface area (TPSA) is 0 Å². The molecule has 0 spiro atoms. The number of halogens is 1. The summed E-state index contributed by atoms with van der Waals surface area (Å²) in [4.78, 5) is 0. The Morgan fingerprint density at radius 2 is 2.20 bits per heavy atom. The van der Waals surface area contributed by atoms with Gasteiger partial charge in [0, 0.05) is 5.88 Å². The Bertz CT molecular complexity index is 114. The number of rotatable bonds is 5. The van der Waals surface area contributed by atoms with E-state index in [2.05, 4.69) is 6.58 Å². The summed E-state index contributed by atoms with van der Waals surface area (Å²) in [5.74, 6) is 0.865. The fraction of sp³-hybridized carbons (Fsp3) is 0.778. The summed E-state index contributed by atoms with van der Waals surface area (Å²) in [7, 11) is 0. The molecular weight excluding hydrogens is 144 g/mol. The van der Waals surface area contributed by atoms with Crippen molar-refractivity contribution in [2.45, 2.75) is 32.1 Å². The van der Waals surface area contributed by atoms with E-state index in [9.17, 15) is 0 Å². The molecule has 0 aromatic carbocycles. The average Bonchev–Trinajstić information content (AvgIpc) is 2.70. The fourth-order valence-corrected chi connectivity index (χ4v) is 1.65. The lowest BCUT2D eigenvalue weighted by atomic mass is 10.0. The summed E-state index contributed by atoms with van der Waals surface area (Å²) in [6.07, 6.45) is 8.43. The predicted octanol–water partition coefficient (Wildman–Crippen LogP) is 3.36. The maximum absolute atomic E-state index is 5.81. The van der Waals surface area contributed by atoms with E-state index in [0.717, 1.165) is 12.3 Å². The Kier molecular flexibility index (Phi) is 2.79. The highest BCUT2D eigenvalue weighted by Crippen LogP contribution is 2.50. The third kappa shape index (κ3) is 2.02. The first-order valence-corrected chi connectivity index (χ1v) is 4.53. The van der Waals surface area contributed by atoms with Gasteiger partial charge in [0.2, 0.25) is 0 Å². The zero-order chi connectivity index (χ0) is 7.45. The van der Waals surface area contributed by atoms with Crippen molar-refractivity contribution in [1.29, 1.82) is 0 Å². The van der Waals surface area contributed by atoms with Gasteiger partial charge in [0.05, 0.1) is 0 Å². The third-order valence-electron chi connectivity index (χ3n) is 2.36. The summed E-state index contributed by atoms with van der Waals surface area (Å²) in [5, 5.41) is 0. The van der Waals surface area contributed by atoms with Gasteiger partial charge in [0.1, 0.15) is 0 Å². The van der Waals surface area contributed by atoms with E-state index in [-0.39, 0.29) is 0 Å². The molecule has 0 aliphatic heterocycles. The second kappa shape index (κ2) is 3.43. The molecular formula is C9H15Cl. The lowest BCUT2D eigenvalue weighted by molar-refractivity contribution is 0.504. The second-order valence-electron chi connectivity index (χ2n) is 3.31. The highest BCUT2D eigenvalue weighted by atomic mass is 35.5. The molecule has 1 fully saturated rings. The van der Waals surface area contributed by atoms with Gasteiger partial charge in [-0.3, -0.25) is 0 Å². The van der Waals surface area contributed by atoms with Crippen molar-refractivity contribution in [1.82, 2.24) is 0 Å². The second-order valence-corrected chi connectivity index (χ2v) is 3.58. The molecule has 0 aromatic heterocycles. The van der Waals surface area contributed by atoms with E-state index >= 15 is 0 Å².